The van der Waals surface area contributed by atoms with Crippen molar-refractivity contribution in [3.63, 3.8) is 0 Å². The van der Waals surface area contributed by atoms with Gasteiger partial charge in [-0.2, -0.15) is 0 Å². The number of aliphatic hydroxyl groups is 1. The molecule has 2 fully saturated rings. The molecule has 13 nitrogen and oxygen atoms in total. The van der Waals surface area contributed by atoms with E-state index >= 15 is 0 Å². The number of rotatable bonds is 14. The quantitative estimate of drug-likeness (QED) is 0.0640. The van der Waals surface area contributed by atoms with Crippen LogP contribution in [0.25, 0.3) is 0 Å². The van der Waals surface area contributed by atoms with Gasteiger partial charge in [-0.05, 0) is 92.4 Å². The Morgan fingerprint density at radius 3 is 1.40 bits per heavy atom. The maximum Gasteiger partial charge on any atom is 0.338 e. The van der Waals surface area contributed by atoms with Gasteiger partial charge in [-0.3, -0.25) is 0 Å². The zero-order chi connectivity index (χ0) is 47.6. The lowest BCUT2D eigenvalue weighted by molar-refractivity contribution is -0.303. The van der Waals surface area contributed by atoms with E-state index in [1.807, 2.05) is 13.8 Å². The fourth-order valence-electron chi connectivity index (χ4n) is 8.33. The van der Waals surface area contributed by atoms with Crippen molar-refractivity contribution in [3.8, 4) is 0 Å². The minimum atomic E-state index is -1.62. The van der Waals surface area contributed by atoms with E-state index in [0.29, 0.717) is 17.6 Å². The van der Waals surface area contributed by atoms with E-state index in [2.05, 4.69) is 5.73 Å². The summed E-state index contributed by atoms with van der Waals surface area (Å²) in [7, 11) is 0. The average molecular weight is 909 g/mol. The Morgan fingerprint density at radius 2 is 0.970 bits per heavy atom. The lowest BCUT2D eigenvalue weighted by Gasteiger charge is -2.45. The van der Waals surface area contributed by atoms with Crippen molar-refractivity contribution in [2.24, 2.45) is 5.41 Å². The predicted octanol–water partition coefficient (Wildman–Crippen LogP) is 8.53. The van der Waals surface area contributed by atoms with E-state index in [9.17, 15) is 29.1 Å². The van der Waals surface area contributed by atoms with E-state index in [1.54, 1.807) is 135 Å². The summed E-state index contributed by atoms with van der Waals surface area (Å²) in [6.45, 7) is 6.60. The smallest absolute Gasteiger partial charge is 0.338 e. The highest BCUT2D eigenvalue weighted by molar-refractivity contribution is 5.92. The molecule has 8 atom stereocenters. The van der Waals surface area contributed by atoms with Gasteiger partial charge in [-0.1, -0.05) is 105 Å². The second-order valence-corrected chi connectivity index (χ2v) is 17.2. The Balaban J connectivity index is 1.24. The Labute approximate surface area is 388 Å². The summed E-state index contributed by atoms with van der Waals surface area (Å²) >= 11 is 0. The van der Waals surface area contributed by atoms with Gasteiger partial charge in [0.05, 0.1) is 39.5 Å². The summed E-state index contributed by atoms with van der Waals surface area (Å²) in [5.41, 5.74) is 2.68. The standard InChI is InChI=1S/C54H52O13/c1-35(30-31-43-53(2,3)32-41(33-54(43,4)60)63-48(56)37-22-12-6-13-23-37)62-52-46(67-51(59)40-28-18-9-19-29-40)45(66-50(58)39-26-16-8-17-27-39)44(65-49(57)38-24-14-7-15-25-38)42(64-52)34-61-47(55)36-20-10-5-11-21-36/h5-30,35,41-42,44-46,52,60H,32-34H2,1-4H3/t31?,35-,41-,42+,44+,45-,46+,52+,54+/m0/s1. The summed E-state index contributed by atoms with van der Waals surface area (Å²) < 4.78 is 43.1. The van der Waals surface area contributed by atoms with Crippen molar-refractivity contribution in [1.82, 2.24) is 0 Å². The molecule has 0 aromatic heterocycles. The molecule has 5 aromatic rings. The van der Waals surface area contributed by atoms with Crippen LogP contribution in [-0.4, -0.2) is 90.1 Å². The van der Waals surface area contributed by atoms with Crippen LogP contribution in [0.4, 0.5) is 0 Å². The van der Waals surface area contributed by atoms with Crippen LogP contribution < -0.4 is 0 Å². The third kappa shape index (κ3) is 12.2. The van der Waals surface area contributed by atoms with Gasteiger partial charge in [0.2, 0.25) is 0 Å². The van der Waals surface area contributed by atoms with E-state index in [4.69, 9.17) is 33.2 Å². The largest absolute Gasteiger partial charge is 0.459 e. The Bertz CT molecular complexity index is 2540. The third-order valence-electron chi connectivity index (χ3n) is 11.4. The molecule has 1 saturated heterocycles. The summed E-state index contributed by atoms with van der Waals surface area (Å²) in [5.74, 6) is -3.72. The molecule has 1 N–H and O–H groups in total. The highest BCUT2D eigenvalue weighted by Crippen LogP contribution is 2.46. The summed E-state index contributed by atoms with van der Waals surface area (Å²) in [6.07, 6.45) is -7.14. The van der Waals surface area contributed by atoms with Crippen LogP contribution in [0.15, 0.2) is 169 Å². The molecule has 1 heterocycles. The number of carbonyl (C=O) groups is 5. The second kappa shape index (κ2) is 21.4. The minimum Gasteiger partial charge on any atom is -0.459 e. The normalized spacial score (nSPS) is 23.6. The van der Waals surface area contributed by atoms with Gasteiger partial charge < -0.3 is 38.3 Å². The van der Waals surface area contributed by atoms with Gasteiger partial charge in [0.1, 0.15) is 18.8 Å². The molecule has 1 saturated carbocycles. The number of ether oxygens (including phenoxy) is 7. The highest BCUT2D eigenvalue weighted by Gasteiger charge is 2.54. The molecule has 0 spiro atoms. The van der Waals surface area contributed by atoms with Gasteiger partial charge in [-0.15, -0.1) is 5.73 Å². The minimum absolute atomic E-state index is 0.102. The highest BCUT2D eigenvalue weighted by atomic mass is 16.7. The molecule has 1 aliphatic carbocycles. The van der Waals surface area contributed by atoms with Crippen molar-refractivity contribution >= 4 is 29.8 Å². The molecule has 5 aromatic carbocycles. The lowest BCUT2D eigenvalue weighted by Crippen LogP contribution is -2.63. The number of hydrogen-bond donors (Lipinski definition) is 1. The fraction of sp³-hybridized carbons (Fsp3) is 0.296. The second-order valence-electron chi connectivity index (χ2n) is 17.2. The summed E-state index contributed by atoms with van der Waals surface area (Å²) in [4.78, 5) is 68.2. The number of carbonyl (C=O) groups excluding carboxylic acids is 5. The topological polar surface area (TPSA) is 170 Å². The van der Waals surface area contributed by atoms with E-state index < -0.39 is 90.4 Å². The lowest BCUT2D eigenvalue weighted by atomic mass is 9.65. The van der Waals surface area contributed by atoms with Crippen molar-refractivity contribution in [1.29, 1.82) is 0 Å². The first-order valence-electron chi connectivity index (χ1n) is 22.0. The number of esters is 5. The molecule has 67 heavy (non-hydrogen) atoms. The Kier molecular flexibility index (Phi) is 15.3. The SMILES string of the molecule is C[C@@H](C=C=C1C(C)(C)C[C@H](OC(=O)c2ccccc2)C[C@@]1(C)O)O[C@@H]1O[C@H](COC(=O)c2ccccc2)[C@@H](OC(=O)c2ccccc2)[C@H](OC(=O)c2ccccc2)[C@H]1OC(=O)c1ccccc1. The van der Waals surface area contributed by atoms with Crippen LogP contribution in [0.1, 0.15) is 92.3 Å². The van der Waals surface area contributed by atoms with Crippen molar-refractivity contribution < 1.29 is 62.2 Å². The van der Waals surface area contributed by atoms with Crippen molar-refractivity contribution in [2.75, 3.05) is 6.61 Å². The Morgan fingerprint density at radius 1 is 0.582 bits per heavy atom. The molecule has 13 heteroatoms. The van der Waals surface area contributed by atoms with E-state index in [-0.39, 0.29) is 28.7 Å². The van der Waals surface area contributed by atoms with Crippen LogP contribution in [0.2, 0.25) is 0 Å². The predicted molar refractivity (Wildman–Crippen MR) is 244 cm³/mol. The maximum absolute atomic E-state index is 14.0. The molecule has 2 aliphatic rings. The van der Waals surface area contributed by atoms with Gasteiger partial charge in [0.25, 0.3) is 0 Å². The maximum atomic E-state index is 14.0. The van der Waals surface area contributed by atoms with E-state index in [1.165, 1.54) is 36.4 Å². The van der Waals surface area contributed by atoms with Crippen LogP contribution in [0, 0.1) is 5.41 Å². The molecule has 0 amide bonds. The third-order valence-corrected chi connectivity index (χ3v) is 11.4. The van der Waals surface area contributed by atoms with Crippen LogP contribution >= 0.6 is 0 Å². The van der Waals surface area contributed by atoms with Gasteiger partial charge in [0, 0.05) is 12.0 Å². The number of hydrogen-bond acceptors (Lipinski definition) is 13. The monoisotopic (exact) mass is 908 g/mol. The van der Waals surface area contributed by atoms with Crippen molar-refractivity contribution in [3.05, 3.63) is 197 Å². The molecule has 0 bridgehead atoms. The van der Waals surface area contributed by atoms with Crippen LogP contribution in [-0.2, 0) is 33.2 Å². The molecule has 1 aliphatic heterocycles. The molecule has 7 rings (SSSR count). The molecular weight excluding hydrogens is 857 g/mol. The fourth-order valence-corrected chi connectivity index (χ4v) is 8.33. The first-order valence-corrected chi connectivity index (χ1v) is 22.0. The summed E-state index contributed by atoms with van der Waals surface area (Å²) in [6, 6.07) is 41.1. The Hall–Kier alpha value is -7.15. The molecule has 0 radical (unpaired) electrons. The molecule has 346 valence electrons. The van der Waals surface area contributed by atoms with Gasteiger partial charge in [0.15, 0.2) is 24.6 Å². The first kappa shape index (κ1) is 47.8. The first-order chi connectivity index (χ1) is 32.2. The van der Waals surface area contributed by atoms with E-state index in [0.717, 1.165) is 0 Å². The zero-order valence-corrected chi connectivity index (χ0v) is 37.5. The van der Waals surface area contributed by atoms with Crippen LogP contribution in [0.3, 0.4) is 0 Å². The molecular formula is C54H52O13. The summed E-state index contributed by atoms with van der Waals surface area (Å²) in [5, 5.41) is 11.9. The van der Waals surface area contributed by atoms with Gasteiger partial charge >= 0.3 is 29.8 Å². The van der Waals surface area contributed by atoms with Crippen LogP contribution in [0.5, 0.6) is 0 Å². The average Bonchev–Trinajstić information content (AvgIpc) is 3.33. The molecule has 0 unspecified atom stereocenters. The van der Waals surface area contributed by atoms with Crippen molar-refractivity contribution in [2.45, 2.75) is 89.1 Å². The van der Waals surface area contributed by atoms with Gasteiger partial charge in [-0.25, -0.2) is 24.0 Å². The number of benzene rings is 5. The zero-order valence-electron chi connectivity index (χ0n) is 37.5.